The number of primary amides is 1. The number of carbonyl (C=O) groups is 1. The molecule has 0 spiro atoms. The minimum absolute atomic E-state index is 0. The predicted molar refractivity (Wildman–Crippen MR) is 122 cm³/mol. The summed E-state index contributed by atoms with van der Waals surface area (Å²) in [5.41, 5.74) is 7.68. The second kappa shape index (κ2) is 10.2. The Balaban J connectivity index is 0.00000261. The number of hydrogen-bond acceptors (Lipinski definition) is 2. The molecule has 0 saturated carbocycles. The van der Waals surface area contributed by atoms with Crippen LogP contribution in [0.15, 0.2) is 29.4 Å². The van der Waals surface area contributed by atoms with Crippen molar-refractivity contribution in [2.75, 3.05) is 26.7 Å². The van der Waals surface area contributed by atoms with Crippen LogP contribution in [-0.4, -0.2) is 48.4 Å². The Bertz CT molecular complexity index is 806. The minimum atomic E-state index is -0.224. The van der Waals surface area contributed by atoms with Gasteiger partial charge in [0.05, 0.1) is 0 Å². The summed E-state index contributed by atoms with van der Waals surface area (Å²) in [4.78, 5) is 21.1. The van der Waals surface area contributed by atoms with Gasteiger partial charge >= 0.3 is 0 Å². The molecule has 148 valence electrons. The summed E-state index contributed by atoms with van der Waals surface area (Å²) < 4.78 is 0. The number of hydrogen-bond donors (Lipinski definition) is 3. The standard InChI is InChI=1S/C19H26ClN5O.HI/c1-22-19(25-8-2-3-13(12-25)9-18(21)26)23-7-6-14-11-24-17-5-4-15(20)10-16(14)17;/h4-5,10-11,13,24H,2-3,6-9,12H2,1H3,(H2,21,26)(H,22,23);1H. The SMILES string of the molecule is CN=C(NCCc1c[nH]c2ccc(Cl)cc12)N1CCCC(CC(N)=O)C1.I. The van der Waals surface area contributed by atoms with E-state index in [0.29, 0.717) is 12.3 Å². The Labute approximate surface area is 181 Å². The molecule has 3 rings (SSSR count). The number of aromatic nitrogens is 1. The van der Waals surface area contributed by atoms with Gasteiger partial charge < -0.3 is 20.9 Å². The number of likely N-dealkylation sites (tertiary alicyclic amines) is 1. The van der Waals surface area contributed by atoms with Crippen molar-refractivity contribution in [1.82, 2.24) is 15.2 Å². The van der Waals surface area contributed by atoms with E-state index in [1.165, 1.54) is 5.56 Å². The molecule has 1 amide bonds. The van der Waals surface area contributed by atoms with Crippen LogP contribution in [0.5, 0.6) is 0 Å². The first-order chi connectivity index (χ1) is 12.6. The van der Waals surface area contributed by atoms with E-state index in [0.717, 1.165) is 60.8 Å². The summed E-state index contributed by atoms with van der Waals surface area (Å²) in [6.45, 7) is 2.56. The van der Waals surface area contributed by atoms with E-state index in [2.05, 4.69) is 20.2 Å². The highest BCUT2D eigenvalue weighted by molar-refractivity contribution is 14.0. The van der Waals surface area contributed by atoms with Gasteiger partial charge in [-0.05, 0) is 48.9 Å². The van der Waals surface area contributed by atoms with Gasteiger partial charge in [-0.3, -0.25) is 9.79 Å². The number of aliphatic imine (C=N–C) groups is 1. The number of benzene rings is 1. The Morgan fingerprint density at radius 1 is 1.48 bits per heavy atom. The zero-order chi connectivity index (χ0) is 18.5. The Hall–Kier alpha value is -1.48. The first kappa shape index (κ1) is 21.8. The fourth-order valence-electron chi connectivity index (χ4n) is 3.71. The highest BCUT2D eigenvalue weighted by atomic mass is 127. The molecule has 2 heterocycles. The molecule has 0 aliphatic carbocycles. The monoisotopic (exact) mass is 503 g/mol. The van der Waals surface area contributed by atoms with Crippen LogP contribution >= 0.6 is 35.6 Å². The Morgan fingerprint density at radius 2 is 2.30 bits per heavy atom. The van der Waals surface area contributed by atoms with Crippen molar-refractivity contribution in [1.29, 1.82) is 0 Å². The average molecular weight is 504 g/mol. The van der Waals surface area contributed by atoms with Gasteiger partial charge in [0.1, 0.15) is 0 Å². The molecule has 1 unspecified atom stereocenters. The summed E-state index contributed by atoms with van der Waals surface area (Å²) in [6.07, 6.45) is 5.46. The molecule has 27 heavy (non-hydrogen) atoms. The number of aromatic amines is 1. The van der Waals surface area contributed by atoms with Crippen LogP contribution < -0.4 is 11.1 Å². The van der Waals surface area contributed by atoms with Gasteiger partial charge in [-0.25, -0.2) is 0 Å². The lowest BCUT2D eigenvalue weighted by Crippen LogP contribution is -2.47. The number of H-pyrrole nitrogens is 1. The van der Waals surface area contributed by atoms with Gasteiger partial charge in [0, 0.05) is 55.2 Å². The van der Waals surface area contributed by atoms with Crippen molar-refractivity contribution in [2.45, 2.75) is 25.7 Å². The minimum Gasteiger partial charge on any atom is -0.370 e. The van der Waals surface area contributed by atoms with Crippen molar-refractivity contribution in [2.24, 2.45) is 16.6 Å². The summed E-state index contributed by atoms with van der Waals surface area (Å²) in [6, 6.07) is 5.89. The molecule has 0 bridgehead atoms. The topological polar surface area (TPSA) is 86.5 Å². The van der Waals surface area contributed by atoms with E-state index in [-0.39, 0.29) is 29.9 Å². The Kier molecular flexibility index (Phi) is 8.22. The molecule has 1 aromatic carbocycles. The van der Waals surface area contributed by atoms with E-state index in [1.807, 2.05) is 24.4 Å². The molecule has 8 heteroatoms. The van der Waals surface area contributed by atoms with E-state index >= 15 is 0 Å². The zero-order valence-corrected chi connectivity index (χ0v) is 18.6. The first-order valence-electron chi connectivity index (χ1n) is 9.06. The number of halogens is 2. The fourth-order valence-corrected chi connectivity index (χ4v) is 3.88. The summed E-state index contributed by atoms with van der Waals surface area (Å²) >= 11 is 6.12. The average Bonchev–Trinajstić information content (AvgIpc) is 3.00. The van der Waals surface area contributed by atoms with Gasteiger partial charge in [0.2, 0.25) is 5.91 Å². The number of amides is 1. The van der Waals surface area contributed by atoms with E-state index < -0.39 is 0 Å². The predicted octanol–water partition coefficient (Wildman–Crippen LogP) is 3.14. The van der Waals surface area contributed by atoms with Crippen molar-refractivity contribution in [3.63, 3.8) is 0 Å². The molecule has 6 nitrogen and oxygen atoms in total. The van der Waals surface area contributed by atoms with Crippen molar-refractivity contribution in [3.05, 3.63) is 35.0 Å². The van der Waals surface area contributed by atoms with Crippen LogP contribution in [0, 0.1) is 5.92 Å². The van der Waals surface area contributed by atoms with E-state index in [4.69, 9.17) is 17.3 Å². The summed E-state index contributed by atoms with van der Waals surface area (Å²) in [5.74, 6) is 0.977. The van der Waals surface area contributed by atoms with Gasteiger partial charge in [0.25, 0.3) is 0 Å². The van der Waals surface area contributed by atoms with Crippen LogP contribution in [0.3, 0.4) is 0 Å². The first-order valence-corrected chi connectivity index (χ1v) is 9.44. The molecule has 0 radical (unpaired) electrons. The van der Waals surface area contributed by atoms with E-state index in [1.54, 1.807) is 7.05 Å². The normalized spacial score (nSPS) is 17.6. The number of guanidine groups is 1. The third kappa shape index (κ3) is 5.75. The molecule has 1 saturated heterocycles. The number of nitrogens with one attached hydrogen (secondary N) is 2. The van der Waals surface area contributed by atoms with E-state index in [9.17, 15) is 4.79 Å². The second-order valence-corrected chi connectivity index (χ2v) is 7.29. The summed E-state index contributed by atoms with van der Waals surface area (Å²) in [7, 11) is 1.80. The molecule has 1 fully saturated rings. The quantitative estimate of drug-likeness (QED) is 0.333. The van der Waals surface area contributed by atoms with Crippen LogP contribution in [0.25, 0.3) is 10.9 Å². The van der Waals surface area contributed by atoms with Crippen LogP contribution in [0.1, 0.15) is 24.8 Å². The molecular formula is C19H27ClIN5O. The maximum absolute atomic E-state index is 11.2. The number of rotatable bonds is 5. The lowest BCUT2D eigenvalue weighted by Gasteiger charge is -2.34. The number of nitrogens with zero attached hydrogens (tertiary/aromatic N) is 2. The van der Waals surface area contributed by atoms with Crippen LogP contribution in [-0.2, 0) is 11.2 Å². The zero-order valence-electron chi connectivity index (χ0n) is 15.5. The van der Waals surface area contributed by atoms with Crippen molar-refractivity contribution >= 4 is 58.3 Å². The molecule has 4 N–H and O–H groups in total. The molecular weight excluding hydrogens is 477 g/mol. The number of nitrogens with two attached hydrogens (primary N) is 1. The summed E-state index contributed by atoms with van der Waals surface area (Å²) in [5, 5.41) is 5.35. The van der Waals surface area contributed by atoms with Crippen molar-refractivity contribution < 1.29 is 4.79 Å². The third-order valence-corrected chi connectivity index (χ3v) is 5.16. The van der Waals surface area contributed by atoms with Gasteiger partial charge in [-0.1, -0.05) is 11.6 Å². The third-order valence-electron chi connectivity index (χ3n) is 4.93. The van der Waals surface area contributed by atoms with Crippen molar-refractivity contribution in [3.8, 4) is 0 Å². The lowest BCUT2D eigenvalue weighted by atomic mass is 9.95. The number of carbonyl (C=O) groups excluding carboxylic acids is 1. The highest BCUT2D eigenvalue weighted by Crippen LogP contribution is 2.23. The maximum Gasteiger partial charge on any atom is 0.217 e. The fraction of sp³-hybridized carbons (Fsp3) is 0.474. The van der Waals surface area contributed by atoms with Gasteiger partial charge in [0.15, 0.2) is 5.96 Å². The number of fused-ring (bicyclic) bond motifs is 1. The largest absolute Gasteiger partial charge is 0.370 e. The smallest absolute Gasteiger partial charge is 0.217 e. The molecule has 1 aliphatic rings. The molecule has 1 atom stereocenters. The molecule has 2 aromatic rings. The maximum atomic E-state index is 11.2. The highest BCUT2D eigenvalue weighted by Gasteiger charge is 2.23. The number of piperidine rings is 1. The van der Waals surface area contributed by atoms with Crippen LogP contribution in [0.2, 0.25) is 5.02 Å². The molecule has 1 aliphatic heterocycles. The van der Waals surface area contributed by atoms with Crippen LogP contribution in [0.4, 0.5) is 0 Å². The second-order valence-electron chi connectivity index (χ2n) is 6.85. The van der Waals surface area contributed by atoms with Gasteiger partial charge in [-0.2, -0.15) is 0 Å². The Morgan fingerprint density at radius 3 is 3.04 bits per heavy atom. The lowest BCUT2D eigenvalue weighted by molar-refractivity contribution is -0.119. The molecule has 1 aromatic heterocycles. The van der Waals surface area contributed by atoms with Gasteiger partial charge in [-0.15, -0.1) is 24.0 Å².